The smallest absolute Gasteiger partial charge is 0.393 e. The van der Waals surface area contributed by atoms with Crippen molar-refractivity contribution in [3.63, 3.8) is 0 Å². The molecule has 6 nitrogen and oxygen atoms in total. The lowest BCUT2D eigenvalue weighted by molar-refractivity contribution is -0.121. The summed E-state index contributed by atoms with van der Waals surface area (Å²) in [5.74, 6) is -0.00830. The van der Waals surface area contributed by atoms with Crippen molar-refractivity contribution in [3.8, 4) is 0 Å². The van der Waals surface area contributed by atoms with Crippen LogP contribution in [0, 0.1) is 0 Å². The van der Waals surface area contributed by atoms with Crippen molar-refractivity contribution < 1.29 is 23.2 Å². The van der Waals surface area contributed by atoms with Crippen molar-refractivity contribution >= 4 is 14.7 Å². The summed E-state index contributed by atoms with van der Waals surface area (Å²) in [5, 5.41) is 12.8. The molecule has 25 heavy (non-hydrogen) atoms. The highest BCUT2D eigenvalue weighted by atomic mass is 28.4. The summed E-state index contributed by atoms with van der Waals surface area (Å²) in [6.07, 6.45) is 5.38. The average molecular weight is 378 g/mol. The summed E-state index contributed by atoms with van der Waals surface area (Å²) in [5.41, 5.74) is 0. The van der Waals surface area contributed by atoms with E-state index < -0.39 is 8.80 Å². The minimum Gasteiger partial charge on any atom is -0.393 e. The second-order valence-electron chi connectivity index (χ2n) is 6.12. The van der Waals surface area contributed by atoms with Gasteiger partial charge in [0.15, 0.2) is 0 Å². The Morgan fingerprint density at radius 3 is 2.08 bits per heavy atom. The summed E-state index contributed by atoms with van der Waals surface area (Å²) >= 11 is 0. The number of hydrogen-bond donors (Lipinski definition) is 2. The molecule has 0 aliphatic carbocycles. The lowest BCUT2D eigenvalue weighted by Gasteiger charge is -2.28. The predicted molar refractivity (Wildman–Crippen MR) is 102 cm³/mol. The summed E-state index contributed by atoms with van der Waals surface area (Å²) in [4.78, 5) is 11.9. The van der Waals surface area contributed by atoms with E-state index >= 15 is 0 Å². The average Bonchev–Trinajstić information content (AvgIpc) is 2.58. The zero-order valence-electron chi connectivity index (χ0n) is 16.6. The topological polar surface area (TPSA) is 77.0 Å². The van der Waals surface area contributed by atoms with Crippen molar-refractivity contribution in [1.82, 2.24) is 5.32 Å². The fourth-order valence-electron chi connectivity index (χ4n) is 2.69. The molecule has 0 aliphatic heterocycles. The van der Waals surface area contributed by atoms with Gasteiger partial charge in [-0.05, 0) is 40.0 Å². The largest absolute Gasteiger partial charge is 0.500 e. The van der Waals surface area contributed by atoms with Crippen molar-refractivity contribution in [2.75, 3.05) is 26.4 Å². The Morgan fingerprint density at radius 1 is 0.960 bits per heavy atom. The zero-order chi connectivity index (χ0) is 19.0. The van der Waals surface area contributed by atoms with Gasteiger partial charge in [0.05, 0.1) is 6.10 Å². The molecule has 0 aliphatic rings. The van der Waals surface area contributed by atoms with Gasteiger partial charge in [-0.2, -0.15) is 0 Å². The van der Waals surface area contributed by atoms with Crippen LogP contribution in [-0.2, 0) is 18.1 Å². The Labute approximate surface area is 155 Å². The first-order valence-corrected chi connectivity index (χ1v) is 11.8. The normalized spacial score (nSPS) is 13.0. The highest BCUT2D eigenvalue weighted by molar-refractivity contribution is 6.60. The number of amides is 1. The SMILES string of the molecule is CCCCCC(O)CCC(=O)NCCC[Si](OCC)(OCC)OCC. The molecule has 0 spiro atoms. The lowest BCUT2D eigenvalue weighted by atomic mass is 10.1. The van der Waals surface area contributed by atoms with Gasteiger partial charge in [0.25, 0.3) is 0 Å². The molecular formula is C18H39NO5Si. The van der Waals surface area contributed by atoms with Crippen LogP contribution in [0.5, 0.6) is 0 Å². The molecule has 0 aromatic heterocycles. The van der Waals surface area contributed by atoms with Crippen LogP contribution in [0.3, 0.4) is 0 Å². The molecular weight excluding hydrogens is 338 g/mol. The molecule has 1 unspecified atom stereocenters. The van der Waals surface area contributed by atoms with E-state index in [-0.39, 0.29) is 12.0 Å². The molecule has 1 atom stereocenters. The predicted octanol–water partition coefficient (Wildman–Crippen LogP) is 3.26. The Balaban J connectivity index is 4.00. The third-order valence-corrected chi connectivity index (χ3v) is 7.07. The van der Waals surface area contributed by atoms with Gasteiger partial charge >= 0.3 is 8.80 Å². The van der Waals surface area contributed by atoms with Crippen LogP contribution < -0.4 is 5.32 Å². The molecule has 0 radical (unpaired) electrons. The molecule has 0 aromatic rings. The van der Waals surface area contributed by atoms with E-state index in [1.165, 1.54) is 0 Å². The van der Waals surface area contributed by atoms with Gasteiger partial charge in [0.2, 0.25) is 5.91 Å². The monoisotopic (exact) mass is 377 g/mol. The second-order valence-corrected chi connectivity index (χ2v) is 8.86. The molecule has 0 bridgehead atoms. The maximum atomic E-state index is 11.9. The van der Waals surface area contributed by atoms with E-state index in [9.17, 15) is 9.90 Å². The van der Waals surface area contributed by atoms with E-state index in [4.69, 9.17) is 13.3 Å². The van der Waals surface area contributed by atoms with Crippen LogP contribution in [0.15, 0.2) is 0 Å². The first-order chi connectivity index (χ1) is 12.0. The molecule has 7 heteroatoms. The van der Waals surface area contributed by atoms with Crippen LogP contribution >= 0.6 is 0 Å². The molecule has 0 fully saturated rings. The lowest BCUT2D eigenvalue weighted by Crippen LogP contribution is -2.46. The first-order valence-electron chi connectivity index (χ1n) is 9.90. The van der Waals surface area contributed by atoms with Gasteiger partial charge in [0.1, 0.15) is 0 Å². The number of aliphatic hydroxyl groups excluding tert-OH is 1. The van der Waals surface area contributed by atoms with Gasteiger partial charge < -0.3 is 23.7 Å². The van der Waals surface area contributed by atoms with Crippen molar-refractivity contribution in [1.29, 1.82) is 0 Å². The molecule has 150 valence electrons. The van der Waals surface area contributed by atoms with Crippen molar-refractivity contribution in [3.05, 3.63) is 0 Å². The molecule has 0 heterocycles. The van der Waals surface area contributed by atoms with Gasteiger partial charge in [-0.3, -0.25) is 4.79 Å². The van der Waals surface area contributed by atoms with Crippen LogP contribution in [0.25, 0.3) is 0 Å². The van der Waals surface area contributed by atoms with E-state index in [1.54, 1.807) is 0 Å². The van der Waals surface area contributed by atoms with Crippen LogP contribution in [0.1, 0.15) is 72.6 Å². The van der Waals surface area contributed by atoms with Crippen LogP contribution in [-0.4, -0.2) is 52.3 Å². The number of aliphatic hydroxyl groups is 1. The Hall–Kier alpha value is -0.473. The minimum absolute atomic E-state index is 0.00830. The van der Waals surface area contributed by atoms with E-state index in [0.717, 1.165) is 32.1 Å². The molecule has 0 saturated carbocycles. The highest BCUT2D eigenvalue weighted by Crippen LogP contribution is 2.17. The molecule has 0 aromatic carbocycles. The second kappa shape index (κ2) is 15.8. The zero-order valence-corrected chi connectivity index (χ0v) is 17.6. The standard InChI is InChI=1S/C18H39NO5Si/c1-5-9-10-12-17(20)13-14-18(21)19-15-11-16-25(22-6-2,23-7-3)24-8-4/h17,20H,5-16H2,1-4H3,(H,19,21). The Morgan fingerprint density at radius 2 is 1.56 bits per heavy atom. The Bertz CT molecular complexity index is 314. The van der Waals surface area contributed by atoms with Crippen LogP contribution in [0.4, 0.5) is 0 Å². The number of rotatable bonds is 17. The number of carbonyl (C=O) groups is 1. The highest BCUT2D eigenvalue weighted by Gasteiger charge is 2.39. The van der Waals surface area contributed by atoms with Gasteiger partial charge in [-0.15, -0.1) is 0 Å². The summed E-state index contributed by atoms with van der Waals surface area (Å²) in [7, 11) is -2.61. The third kappa shape index (κ3) is 12.5. The van der Waals surface area contributed by atoms with Crippen molar-refractivity contribution in [2.45, 2.75) is 84.8 Å². The molecule has 1 amide bonds. The maximum Gasteiger partial charge on any atom is 0.500 e. The fourth-order valence-corrected chi connectivity index (χ4v) is 5.31. The summed E-state index contributed by atoms with van der Waals surface area (Å²) in [6.45, 7) is 10.2. The minimum atomic E-state index is -2.61. The number of unbranched alkanes of at least 4 members (excludes halogenated alkanes) is 2. The number of carbonyl (C=O) groups excluding carboxylic acids is 1. The van der Waals surface area contributed by atoms with Gasteiger partial charge in [-0.1, -0.05) is 26.2 Å². The first kappa shape index (κ1) is 24.5. The molecule has 0 saturated heterocycles. The summed E-state index contributed by atoms with van der Waals surface area (Å²) in [6, 6.07) is 0.697. The Kier molecular flexibility index (Phi) is 15.5. The quantitative estimate of drug-likeness (QED) is 0.300. The molecule has 0 rings (SSSR count). The maximum absolute atomic E-state index is 11.9. The van der Waals surface area contributed by atoms with Crippen LogP contribution in [0.2, 0.25) is 6.04 Å². The fraction of sp³-hybridized carbons (Fsp3) is 0.944. The number of nitrogens with one attached hydrogen (secondary N) is 1. The van der Waals surface area contributed by atoms with Gasteiger partial charge in [-0.25, -0.2) is 0 Å². The van der Waals surface area contributed by atoms with Crippen molar-refractivity contribution in [2.24, 2.45) is 0 Å². The van der Waals surface area contributed by atoms with E-state index in [0.29, 0.717) is 45.3 Å². The third-order valence-electron chi connectivity index (χ3n) is 3.92. The van der Waals surface area contributed by atoms with E-state index in [1.807, 2.05) is 20.8 Å². The van der Waals surface area contributed by atoms with Gasteiger partial charge in [0, 0.05) is 38.8 Å². The summed E-state index contributed by atoms with van der Waals surface area (Å²) < 4.78 is 17.4. The van der Waals surface area contributed by atoms with E-state index in [2.05, 4.69) is 12.2 Å². The molecule has 2 N–H and O–H groups in total. The number of hydrogen-bond acceptors (Lipinski definition) is 5.